The molecule has 0 aliphatic carbocycles. The molecule has 3 rings (SSSR count). The number of nitrogens with zero attached hydrogens (tertiary/aromatic N) is 2. The van der Waals surface area contributed by atoms with Crippen molar-refractivity contribution in [2.75, 3.05) is 0 Å². The Morgan fingerprint density at radius 1 is 1.21 bits per heavy atom. The number of halogens is 5. The Labute approximate surface area is 163 Å². The number of amidine groups is 1. The Morgan fingerprint density at radius 2 is 1.89 bits per heavy atom. The van der Waals surface area contributed by atoms with Gasteiger partial charge in [-0.3, -0.25) is 0 Å². The molecule has 28 heavy (non-hydrogen) atoms. The molecule has 0 amide bonds. The molecule has 0 saturated carbocycles. The highest BCUT2D eigenvalue weighted by Crippen LogP contribution is 2.40. The third kappa shape index (κ3) is 4.37. The Kier molecular flexibility index (Phi) is 5.22. The third-order valence-corrected chi connectivity index (χ3v) is 4.40. The van der Waals surface area contributed by atoms with Crippen molar-refractivity contribution in [2.45, 2.75) is 31.2 Å². The van der Waals surface area contributed by atoms with Gasteiger partial charge in [-0.25, -0.2) is 14.4 Å². The van der Waals surface area contributed by atoms with Crippen LogP contribution in [-0.2, 0) is 10.3 Å². The molecule has 0 fully saturated rings. The first kappa shape index (κ1) is 20.0. The standard InChI is InChI=1S/C19H14ClF4N3O/c1-18(10-15(19(22,23)24)28-17(25)27-18)13-8-11(4-5-14(13)21)2-3-12-6-7-26-16(20)9-12/h4-9,15H,10H2,1H3,(H2,25,27). The summed E-state index contributed by atoms with van der Waals surface area (Å²) in [6, 6.07) is 6.47. The summed E-state index contributed by atoms with van der Waals surface area (Å²) in [5, 5.41) is 0.268. The van der Waals surface area contributed by atoms with Crippen LogP contribution in [0, 0.1) is 17.7 Å². The first-order chi connectivity index (χ1) is 13.1. The zero-order valence-corrected chi connectivity index (χ0v) is 15.3. The number of nitrogens with two attached hydrogens (primary N) is 1. The molecule has 0 radical (unpaired) electrons. The van der Waals surface area contributed by atoms with Crippen molar-refractivity contribution in [1.82, 2.24) is 4.98 Å². The molecule has 2 N–H and O–H groups in total. The van der Waals surface area contributed by atoms with Gasteiger partial charge in [0.15, 0.2) is 6.10 Å². The predicted octanol–water partition coefficient (Wildman–Crippen LogP) is 4.16. The Bertz CT molecular complexity index is 997. The Balaban J connectivity index is 1.99. The lowest BCUT2D eigenvalue weighted by Crippen LogP contribution is -2.46. The Hall–Kier alpha value is -2.79. The van der Waals surface area contributed by atoms with E-state index in [0.29, 0.717) is 11.1 Å². The van der Waals surface area contributed by atoms with Gasteiger partial charge in [-0.05, 0) is 37.3 Å². The largest absolute Gasteiger partial charge is 0.452 e. The van der Waals surface area contributed by atoms with Gasteiger partial charge in [0.05, 0.1) is 5.54 Å². The monoisotopic (exact) mass is 411 g/mol. The second-order valence-corrected chi connectivity index (χ2v) is 6.78. The fourth-order valence-electron chi connectivity index (χ4n) is 2.86. The number of rotatable bonds is 1. The molecule has 0 saturated heterocycles. The molecule has 146 valence electrons. The maximum atomic E-state index is 14.5. The van der Waals surface area contributed by atoms with Gasteiger partial charge in [0.2, 0.25) is 0 Å². The normalized spacial score (nSPS) is 21.9. The van der Waals surface area contributed by atoms with Crippen LogP contribution in [0.1, 0.15) is 30.0 Å². The highest BCUT2D eigenvalue weighted by molar-refractivity contribution is 6.29. The number of alkyl halides is 3. The number of hydrogen-bond acceptors (Lipinski definition) is 4. The highest BCUT2D eigenvalue weighted by atomic mass is 35.5. The molecule has 1 aliphatic heterocycles. The van der Waals surface area contributed by atoms with Crippen molar-refractivity contribution in [3.8, 4) is 11.8 Å². The van der Waals surface area contributed by atoms with Gasteiger partial charge >= 0.3 is 6.18 Å². The van der Waals surface area contributed by atoms with E-state index in [1.807, 2.05) is 0 Å². The van der Waals surface area contributed by atoms with Crippen molar-refractivity contribution >= 4 is 17.6 Å². The molecule has 9 heteroatoms. The molecule has 1 aromatic heterocycles. The van der Waals surface area contributed by atoms with Crippen LogP contribution in [0.3, 0.4) is 0 Å². The number of aromatic nitrogens is 1. The predicted molar refractivity (Wildman–Crippen MR) is 96.1 cm³/mol. The van der Waals surface area contributed by atoms with Crippen molar-refractivity contribution in [3.63, 3.8) is 0 Å². The minimum Gasteiger partial charge on any atom is -0.452 e. The molecule has 2 aromatic rings. The average Bonchev–Trinajstić information content (AvgIpc) is 2.59. The summed E-state index contributed by atoms with van der Waals surface area (Å²) in [5.74, 6) is 4.96. The summed E-state index contributed by atoms with van der Waals surface area (Å²) < 4.78 is 58.4. The minimum absolute atomic E-state index is 0.0486. The van der Waals surface area contributed by atoms with Crippen LogP contribution in [0.2, 0.25) is 5.15 Å². The maximum absolute atomic E-state index is 14.5. The fourth-order valence-corrected chi connectivity index (χ4v) is 3.03. The fraction of sp³-hybridized carbons (Fsp3) is 0.263. The second-order valence-electron chi connectivity index (χ2n) is 6.39. The van der Waals surface area contributed by atoms with Crippen LogP contribution in [-0.4, -0.2) is 23.3 Å². The number of benzene rings is 1. The maximum Gasteiger partial charge on any atom is 0.425 e. The van der Waals surface area contributed by atoms with Crippen LogP contribution in [0.15, 0.2) is 41.5 Å². The lowest BCUT2D eigenvalue weighted by Gasteiger charge is -2.35. The topological polar surface area (TPSA) is 60.5 Å². The van der Waals surface area contributed by atoms with E-state index in [0.717, 1.165) is 6.07 Å². The van der Waals surface area contributed by atoms with Crippen LogP contribution < -0.4 is 5.73 Å². The molecule has 2 unspecified atom stereocenters. The number of ether oxygens (including phenoxy) is 1. The third-order valence-electron chi connectivity index (χ3n) is 4.19. The molecule has 0 spiro atoms. The quantitative estimate of drug-likeness (QED) is 0.435. The zero-order chi connectivity index (χ0) is 20.5. The lowest BCUT2D eigenvalue weighted by atomic mass is 9.84. The molecule has 2 atom stereocenters. The van der Waals surface area contributed by atoms with Crippen LogP contribution in [0.25, 0.3) is 0 Å². The van der Waals surface area contributed by atoms with Gasteiger partial charge in [0, 0.05) is 29.3 Å². The molecular weight excluding hydrogens is 398 g/mol. The summed E-state index contributed by atoms with van der Waals surface area (Å²) in [6.07, 6.45) is -5.95. The van der Waals surface area contributed by atoms with E-state index in [-0.39, 0.29) is 10.7 Å². The summed E-state index contributed by atoms with van der Waals surface area (Å²) in [5.41, 5.74) is 4.81. The first-order valence-corrected chi connectivity index (χ1v) is 8.47. The Morgan fingerprint density at radius 3 is 2.54 bits per heavy atom. The number of pyridine rings is 1. The van der Waals surface area contributed by atoms with E-state index in [1.165, 1.54) is 25.3 Å². The van der Waals surface area contributed by atoms with E-state index in [2.05, 4.69) is 26.6 Å². The van der Waals surface area contributed by atoms with Gasteiger partial charge in [0.25, 0.3) is 6.02 Å². The molecule has 1 aromatic carbocycles. The van der Waals surface area contributed by atoms with Crippen molar-refractivity contribution in [2.24, 2.45) is 10.7 Å². The lowest BCUT2D eigenvalue weighted by molar-refractivity contribution is -0.208. The van der Waals surface area contributed by atoms with Gasteiger partial charge in [-0.2, -0.15) is 13.2 Å². The average molecular weight is 412 g/mol. The van der Waals surface area contributed by atoms with E-state index in [4.69, 9.17) is 17.3 Å². The van der Waals surface area contributed by atoms with Crippen LogP contribution in [0.4, 0.5) is 17.6 Å². The van der Waals surface area contributed by atoms with Crippen LogP contribution >= 0.6 is 11.6 Å². The van der Waals surface area contributed by atoms with E-state index >= 15 is 0 Å². The number of aliphatic imine (C=N–C) groups is 1. The first-order valence-electron chi connectivity index (χ1n) is 8.09. The SMILES string of the molecule is CC1(c2cc(C#Cc3ccnc(Cl)c3)ccc2F)CC(C(F)(F)F)OC(N)=N1. The molecule has 0 bridgehead atoms. The van der Waals surface area contributed by atoms with E-state index in [1.54, 1.807) is 12.1 Å². The van der Waals surface area contributed by atoms with Gasteiger partial charge in [-0.1, -0.05) is 23.4 Å². The van der Waals surface area contributed by atoms with Gasteiger partial charge in [-0.15, -0.1) is 0 Å². The summed E-state index contributed by atoms with van der Waals surface area (Å²) in [4.78, 5) is 7.78. The van der Waals surface area contributed by atoms with E-state index in [9.17, 15) is 17.6 Å². The van der Waals surface area contributed by atoms with Crippen molar-refractivity contribution < 1.29 is 22.3 Å². The zero-order valence-electron chi connectivity index (χ0n) is 14.5. The number of hydrogen-bond donors (Lipinski definition) is 1. The van der Waals surface area contributed by atoms with Gasteiger partial charge < -0.3 is 10.5 Å². The molecule has 1 aliphatic rings. The van der Waals surface area contributed by atoms with E-state index < -0.39 is 36.1 Å². The smallest absolute Gasteiger partial charge is 0.425 e. The summed E-state index contributed by atoms with van der Waals surface area (Å²) >= 11 is 5.80. The van der Waals surface area contributed by atoms with Crippen LogP contribution in [0.5, 0.6) is 0 Å². The molecular formula is C19H14ClF4N3O. The van der Waals surface area contributed by atoms with Crippen molar-refractivity contribution in [3.05, 3.63) is 64.2 Å². The second kappa shape index (κ2) is 7.32. The van der Waals surface area contributed by atoms with Gasteiger partial charge in [0.1, 0.15) is 11.0 Å². The highest BCUT2D eigenvalue weighted by Gasteiger charge is 2.50. The summed E-state index contributed by atoms with van der Waals surface area (Å²) in [6.45, 7) is 1.37. The molecule has 2 heterocycles. The minimum atomic E-state index is -4.66. The van der Waals surface area contributed by atoms with Crippen molar-refractivity contribution in [1.29, 1.82) is 0 Å². The summed E-state index contributed by atoms with van der Waals surface area (Å²) in [7, 11) is 0. The molecule has 4 nitrogen and oxygen atoms in total.